The number of rotatable bonds is 3. The molecule has 4 nitrogen and oxygen atoms in total. The smallest absolute Gasteiger partial charge is 0.268 e. The molecule has 19 heavy (non-hydrogen) atoms. The molecule has 0 aromatic carbocycles. The van der Waals surface area contributed by atoms with Gasteiger partial charge in [0.25, 0.3) is 5.56 Å². The summed E-state index contributed by atoms with van der Waals surface area (Å²) in [5.41, 5.74) is 0.301. The van der Waals surface area contributed by atoms with Crippen LogP contribution in [0.25, 0.3) is 11.4 Å². The standard InChI is InChI=1S/C12H10F3N3O/c13-12(14,15)6-8-18-11(19)5-4-10(17-18)9-3-1-2-7-16-9/h1-5,7H,6,8H2. The van der Waals surface area contributed by atoms with Crippen LogP contribution in [0.15, 0.2) is 41.3 Å². The van der Waals surface area contributed by atoms with Crippen LogP contribution in [0.3, 0.4) is 0 Å². The minimum absolute atomic E-state index is 0.363. The van der Waals surface area contributed by atoms with Crippen LogP contribution < -0.4 is 5.56 Å². The molecule has 7 heteroatoms. The van der Waals surface area contributed by atoms with E-state index in [-0.39, 0.29) is 0 Å². The first-order valence-corrected chi connectivity index (χ1v) is 5.52. The van der Waals surface area contributed by atoms with Gasteiger partial charge in [0.05, 0.1) is 18.7 Å². The molecule has 0 amide bonds. The molecule has 0 unspecified atom stereocenters. The third kappa shape index (κ3) is 3.64. The first-order chi connectivity index (χ1) is 8.96. The Kier molecular flexibility index (Phi) is 3.64. The Morgan fingerprint density at radius 3 is 2.53 bits per heavy atom. The second-order valence-corrected chi connectivity index (χ2v) is 3.86. The molecule has 0 aliphatic rings. The third-order valence-electron chi connectivity index (χ3n) is 2.40. The maximum atomic E-state index is 12.1. The van der Waals surface area contributed by atoms with Crippen molar-refractivity contribution in [3.05, 3.63) is 46.9 Å². The number of aryl methyl sites for hydroxylation is 1. The van der Waals surface area contributed by atoms with Crippen LogP contribution in [-0.4, -0.2) is 20.9 Å². The van der Waals surface area contributed by atoms with Gasteiger partial charge in [-0.15, -0.1) is 0 Å². The predicted molar refractivity (Wildman–Crippen MR) is 62.4 cm³/mol. The van der Waals surface area contributed by atoms with Crippen molar-refractivity contribution in [1.29, 1.82) is 0 Å². The molecule has 2 heterocycles. The van der Waals surface area contributed by atoms with Crippen LogP contribution in [0.2, 0.25) is 0 Å². The molecule has 0 N–H and O–H groups in total. The second-order valence-electron chi connectivity index (χ2n) is 3.86. The van der Waals surface area contributed by atoms with Crippen molar-refractivity contribution in [2.24, 2.45) is 0 Å². The molecule has 0 aliphatic heterocycles. The highest BCUT2D eigenvalue weighted by Gasteiger charge is 2.27. The molecule has 0 atom stereocenters. The summed E-state index contributed by atoms with van der Waals surface area (Å²) in [6, 6.07) is 7.74. The van der Waals surface area contributed by atoms with E-state index in [0.29, 0.717) is 11.4 Å². The fraction of sp³-hybridized carbons (Fsp3) is 0.250. The van der Waals surface area contributed by atoms with Gasteiger partial charge in [-0.2, -0.15) is 18.3 Å². The Morgan fingerprint density at radius 2 is 1.89 bits per heavy atom. The van der Waals surface area contributed by atoms with Gasteiger partial charge < -0.3 is 0 Å². The van der Waals surface area contributed by atoms with Gasteiger partial charge in [0, 0.05) is 12.3 Å². The van der Waals surface area contributed by atoms with Crippen molar-refractivity contribution in [2.75, 3.05) is 0 Å². The molecule has 2 aromatic heterocycles. The molecule has 0 saturated heterocycles. The maximum absolute atomic E-state index is 12.1. The van der Waals surface area contributed by atoms with E-state index in [4.69, 9.17) is 0 Å². The van der Waals surface area contributed by atoms with Gasteiger partial charge in [-0.1, -0.05) is 6.07 Å². The Balaban J connectivity index is 2.28. The number of aromatic nitrogens is 3. The molecular formula is C12H10F3N3O. The molecule has 2 rings (SSSR count). The van der Waals surface area contributed by atoms with E-state index in [1.807, 2.05) is 0 Å². The van der Waals surface area contributed by atoms with Crippen molar-refractivity contribution in [2.45, 2.75) is 19.1 Å². The van der Waals surface area contributed by atoms with Gasteiger partial charge in [0.2, 0.25) is 0 Å². The zero-order valence-electron chi connectivity index (χ0n) is 9.76. The van der Waals surface area contributed by atoms with E-state index in [0.717, 1.165) is 4.68 Å². The number of hydrogen-bond donors (Lipinski definition) is 0. The van der Waals surface area contributed by atoms with Crippen LogP contribution in [-0.2, 0) is 6.54 Å². The van der Waals surface area contributed by atoms with Crippen LogP contribution in [0, 0.1) is 0 Å². The van der Waals surface area contributed by atoms with E-state index < -0.39 is 24.7 Å². The van der Waals surface area contributed by atoms with Crippen molar-refractivity contribution in [1.82, 2.24) is 14.8 Å². The van der Waals surface area contributed by atoms with Crippen molar-refractivity contribution >= 4 is 0 Å². The lowest BCUT2D eigenvalue weighted by atomic mass is 10.2. The van der Waals surface area contributed by atoms with Crippen LogP contribution in [0.1, 0.15) is 6.42 Å². The van der Waals surface area contributed by atoms with Crippen molar-refractivity contribution in [3.8, 4) is 11.4 Å². The first kappa shape index (κ1) is 13.3. The molecule has 2 aromatic rings. The lowest BCUT2D eigenvalue weighted by Crippen LogP contribution is -2.25. The lowest BCUT2D eigenvalue weighted by molar-refractivity contribution is -0.137. The quantitative estimate of drug-likeness (QED) is 0.858. The first-order valence-electron chi connectivity index (χ1n) is 5.52. The highest BCUT2D eigenvalue weighted by atomic mass is 19.4. The van der Waals surface area contributed by atoms with Gasteiger partial charge in [-0.05, 0) is 18.2 Å². The Hall–Kier alpha value is -2.18. The number of nitrogens with zero attached hydrogens (tertiary/aromatic N) is 3. The van der Waals surface area contributed by atoms with Crippen molar-refractivity contribution < 1.29 is 13.2 Å². The monoisotopic (exact) mass is 269 g/mol. The summed E-state index contributed by atoms with van der Waals surface area (Å²) >= 11 is 0. The minimum atomic E-state index is -4.32. The molecule has 0 bridgehead atoms. The van der Waals surface area contributed by atoms with Crippen molar-refractivity contribution in [3.63, 3.8) is 0 Å². The van der Waals surface area contributed by atoms with E-state index in [9.17, 15) is 18.0 Å². The van der Waals surface area contributed by atoms with E-state index >= 15 is 0 Å². The number of hydrogen-bond acceptors (Lipinski definition) is 3. The largest absolute Gasteiger partial charge is 0.390 e. The maximum Gasteiger partial charge on any atom is 0.390 e. The SMILES string of the molecule is O=c1ccc(-c2ccccn2)nn1CCC(F)(F)F. The molecule has 0 aliphatic carbocycles. The van der Waals surface area contributed by atoms with Gasteiger partial charge in [0.1, 0.15) is 5.69 Å². The zero-order valence-corrected chi connectivity index (χ0v) is 9.76. The van der Waals surface area contributed by atoms with E-state index in [1.54, 1.807) is 24.4 Å². The number of alkyl halides is 3. The molecule has 0 fully saturated rings. The molecule has 0 spiro atoms. The number of halogens is 3. The minimum Gasteiger partial charge on any atom is -0.268 e. The summed E-state index contributed by atoms with van der Waals surface area (Å²) in [7, 11) is 0. The van der Waals surface area contributed by atoms with Gasteiger partial charge in [-0.25, -0.2) is 4.68 Å². The average molecular weight is 269 g/mol. The Morgan fingerprint density at radius 1 is 1.11 bits per heavy atom. The third-order valence-corrected chi connectivity index (χ3v) is 2.40. The fourth-order valence-corrected chi connectivity index (χ4v) is 1.49. The highest BCUT2D eigenvalue weighted by molar-refractivity contribution is 5.52. The van der Waals surface area contributed by atoms with E-state index in [1.165, 1.54) is 12.1 Å². The summed E-state index contributed by atoms with van der Waals surface area (Å²) in [6.07, 6.45) is -3.87. The number of pyridine rings is 1. The highest BCUT2D eigenvalue weighted by Crippen LogP contribution is 2.19. The summed E-state index contributed by atoms with van der Waals surface area (Å²) < 4.78 is 37.2. The van der Waals surface area contributed by atoms with Crippen LogP contribution >= 0.6 is 0 Å². The van der Waals surface area contributed by atoms with Gasteiger partial charge in [0.15, 0.2) is 0 Å². The Labute approximate surface area is 106 Å². The van der Waals surface area contributed by atoms with Crippen LogP contribution in [0.4, 0.5) is 13.2 Å². The Bertz CT molecular complexity index is 608. The normalized spacial score (nSPS) is 11.5. The lowest BCUT2D eigenvalue weighted by Gasteiger charge is -2.08. The molecular weight excluding hydrogens is 259 g/mol. The van der Waals surface area contributed by atoms with Gasteiger partial charge >= 0.3 is 6.18 Å². The molecule has 0 saturated carbocycles. The summed E-state index contributed by atoms with van der Waals surface area (Å²) in [4.78, 5) is 15.5. The van der Waals surface area contributed by atoms with Gasteiger partial charge in [-0.3, -0.25) is 9.78 Å². The predicted octanol–water partition coefficient (Wildman–Crippen LogP) is 2.26. The zero-order chi connectivity index (χ0) is 13.9. The topological polar surface area (TPSA) is 47.8 Å². The summed E-state index contributed by atoms with van der Waals surface area (Å²) in [6.45, 7) is -0.497. The fourth-order valence-electron chi connectivity index (χ4n) is 1.49. The second kappa shape index (κ2) is 5.21. The average Bonchev–Trinajstić information content (AvgIpc) is 2.38. The van der Waals surface area contributed by atoms with Crippen LogP contribution in [0.5, 0.6) is 0 Å². The summed E-state index contributed by atoms with van der Waals surface area (Å²) in [5.74, 6) is 0. The molecule has 0 radical (unpaired) electrons. The molecule has 100 valence electrons. The summed E-state index contributed by atoms with van der Waals surface area (Å²) in [5, 5.41) is 3.89. The van der Waals surface area contributed by atoms with E-state index in [2.05, 4.69) is 10.1 Å².